The summed E-state index contributed by atoms with van der Waals surface area (Å²) in [4.78, 5) is 12.9. The predicted octanol–water partition coefficient (Wildman–Crippen LogP) is 4.38. The van der Waals surface area contributed by atoms with Gasteiger partial charge >= 0.3 is 0 Å². The Morgan fingerprint density at radius 1 is 0.969 bits per heavy atom. The number of fused-ring (bicyclic) bond motifs is 1. The minimum absolute atomic E-state index is 0.183. The maximum absolute atomic E-state index is 12.9. The molecule has 4 aromatic rings. The topological polar surface area (TPSA) is 81.3 Å². The number of nitrogens with two attached hydrogens (primary N) is 1. The van der Waals surface area contributed by atoms with Crippen LogP contribution >= 0.6 is 0 Å². The standard InChI is InChI=1S/C26H28N4O2/c1-32-16-13-28-12-15-30-14-11-21-17-22(8-10-25(21)30)26(31)29-24-18-20(7-9-23(24)27)19-5-3-2-4-6-19/h2-11,14,17-18,28H,12-13,15-16,27H2,1H3,(H,29,31). The fraction of sp³-hybridized carbons (Fsp3) is 0.192. The van der Waals surface area contributed by atoms with Gasteiger partial charge < -0.3 is 25.7 Å². The SMILES string of the molecule is COCCNCCn1ccc2cc(C(=O)Nc3cc(-c4ccccc4)ccc3N)ccc21. The molecule has 0 aliphatic rings. The number of hydrogen-bond donors (Lipinski definition) is 3. The van der Waals surface area contributed by atoms with Gasteiger partial charge in [-0.15, -0.1) is 0 Å². The number of anilines is 2. The lowest BCUT2D eigenvalue weighted by Gasteiger charge is -2.11. The first-order valence-electron chi connectivity index (χ1n) is 10.7. The molecule has 32 heavy (non-hydrogen) atoms. The molecule has 0 unspecified atom stereocenters. The molecule has 0 bridgehead atoms. The van der Waals surface area contributed by atoms with E-state index in [0.717, 1.165) is 41.7 Å². The Labute approximate surface area is 188 Å². The van der Waals surface area contributed by atoms with E-state index in [1.165, 1.54) is 0 Å². The number of hydrogen-bond acceptors (Lipinski definition) is 4. The van der Waals surface area contributed by atoms with E-state index in [4.69, 9.17) is 10.5 Å². The van der Waals surface area contributed by atoms with Gasteiger partial charge in [-0.05, 0) is 47.5 Å². The number of ether oxygens (including phenoxy) is 1. The van der Waals surface area contributed by atoms with Crippen LogP contribution in [-0.4, -0.2) is 37.3 Å². The van der Waals surface area contributed by atoms with Gasteiger partial charge in [-0.2, -0.15) is 0 Å². The maximum atomic E-state index is 12.9. The van der Waals surface area contributed by atoms with Gasteiger partial charge in [-0.25, -0.2) is 0 Å². The summed E-state index contributed by atoms with van der Waals surface area (Å²) in [6, 6.07) is 23.5. The number of amides is 1. The van der Waals surface area contributed by atoms with Crippen molar-refractivity contribution in [1.29, 1.82) is 0 Å². The van der Waals surface area contributed by atoms with Crippen molar-refractivity contribution in [2.24, 2.45) is 0 Å². The van der Waals surface area contributed by atoms with E-state index in [1.807, 2.05) is 79.0 Å². The predicted molar refractivity (Wildman–Crippen MR) is 131 cm³/mol. The second-order valence-corrected chi connectivity index (χ2v) is 7.65. The van der Waals surface area contributed by atoms with Crippen LogP contribution in [0.5, 0.6) is 0 Å². The van der Waals surface area contributed by atoms with E-state index >= 15 is 0 Å². The van der Waals surface area contributed by atoms with E-state index < -0.39 is 0 Å². The van der Waals surface area contributed by atoms with Crippen LogP contribution in [0.2, 0.25) is 0 Å². The number of nitrogen functional groups attached to an aromatic ring is 1. The summed E-state index contributed by atoms with van der Waals surface area (Å²) in [6.45, 7) is 3.23. The van der Waals surface area contributed by atoms with Crippen molar-refractivity contribution in [2.45, 2.75) is 6.54 Å². The normalized spacial score (nSPS) is 11.0. The Kier molecular flexibility index (Phi) is 6.84. The summed E-state index contributed by atoms with van der Waals surface area (Å²) >= 11 is 0. The van der Waals surface area contributed by atoms with E-state index in [2.05, 4.69) is 15.2 Å². The lowest BCUT2D eigenvalue weighted by atomic mass is 10.0. The highest BCUT2D eigenvalue weighted by atomic mass is 16.5. The van der Waals surface area contributed by atoms with Gasteiger partial charge in [0.1, 0.15) is 0 Å². The summed E-state index contributed by atoms with van der Waals surface area (Å²) in [6.07, 6.45) is 2.05. The molecule has 0 fully saturated rings. The Balaban J connectivity index is 1.47. The number of nitrogens with one attached hydrogen (secondary N) is 2. The molecule has 0 spiro atoms. The fourth-order valence-corrected chi connectivity index (χ4v) is 3.70. The maximum Gasteiger partial charge on any atom is 0.255 e. The third-order valence-electron chi connectivity index (χ3n) is 5.45. The summed E-state index contributed by atoms with van der Waals surface area (Å²) in [5, 5.41) is 7.34. The van der Waals surface area contributed by atoms with E-state index in [1.54, 1.807) is 7.11 Å². The van der Waals surface area contributed by atoms with Crippen LogP contribution in [0.25, 0.3) is 22.0 Å². The fourth-order valence-electron chi connectivity index (χ4n) is 3.70. The molecule has 6 nitrogen and oxygen atoms in total. The average molecular weight is 429 g/mol. The molecule has 4 N–H and O–H groups in total. The minimum Gasteiger partial charge on any atom is -0.397 e. The number of benzene rings is 3. The summed E-state index contributed by atoms with van der Waals surface area (Å²) in [5.41, 5.74) is 11.0. The van der Waals surface area contributed by atoms with Crippen molar-refractivity contribution in [3.63, 3.8) is 0 Å². The molecule has 0 atom stereocenters. The summed E-state index contributed by atoms with van der Waals surface area (Å²) < 4.78 is 7.23. The van der Waals surface area contributed by atoms with Crippen LogP contribution in [-0.2, 0) is 11.3 Å². The van der Waals surface area contributed by atoms with Gasteiger partial charge in [0, 0.05) is 49.4 Å². The number of rotatable bonds is 9. The lowest BCUT2D eigenvalue weighted by Crippen LogP contribution is -2.23. The molecule has 0 saturated heterocycles. The molecule has 4 rings (SSSR count). The van der Waals surface area contributed by atoms with E-state index in [0.29, 0.717) is 23.5 Å². The van der Waals surface area contributed by atoms with Crippen molar-refractivity contribution in [1.82, 2.24) is 9.88 Å². The van der Waals surface area contributed by atoms with Gasteiger partial charge in [-0.3, -0.25) is 4.79 Å². The van der Waals surface area contributed by atoms with Crippen LogP contribution in [0.15, 0.2) is 79.0 Å². The van der Waals surface area contributed by atoms with E-state index in [9.17, 15) is 4.79 Å². The molecule has 1 amide bonds. The first-order chi connectivity index (χ1) is 15.7. The first kappa shape index (κ1) is 21.6. The van der Waals surface area contributed by atoms with Gasteiger partial charge in [0.25, 0.3) is 5.91 Å². The van der Waals surface area contributed by atoms with Crippen molar-refractivity contribution < 1.29 is 9.53 Å². The highest BCUT2D eigenvalue weighted by molar-refractivity contribution is 6.07. The molecular weight excluding hydrogens is 400 g/mol. The van der Waals surface area contributed by atoms with Gasteiger partial charge in [0.05, 0.1) is 18.0 Å². The zero-order valence-corrected chi connectivity index (χ0v) is 18.2. The molecule has 1 aromatic heterocycles. The second kappa shape index (κ2) is 10.1. The molecule has 1 heterocycles. The molecule has 3 aromatic carbocycles. The molecule has 0 saturated carbocycles. The van der Waals surface area contributed by atoms with Crippen LogP contribution in [0, 0.1) is 0 Å². The van der Waals surface area contributed by atoms with Crippen LogP contribution in [0.3, 0.4) is 0 Å². The Morgan fingerprint density at radius 2 is 1.81 bits per heavy atom. The molecular formula is C26H28N4O2. The van der Waals surface area contributed by atoms with Gasteiger partial charge in [0.2, 0.25) is 0 Å². The number of nitrogens with zero attached hydrogens (tertiary/aromatic N) is 1. The Morgan fingerprint density at radius 3 is 2.62 bits per heavy atom. The summed E-state index contributed by atoms with van der Waals surface area (Å²) in [7, 11) is 1.70. The summed E-state index contributed by atoms with van der Waals surface area (Å²) in [5.74, 6) is -0.183. The third-order valence-corrected chi connectivity index (χ3v) is 5.45. The average Bonchev–Trinajstić information content (AvgIpc) is 3.23. The Hall–Kier alpha value is -3.61. The van der Waals surface area contributed by atoms with Gasteiger partial charge in [0.15, 0.2) is 0 Å². The van der Waals surface area contributed by atoms with Gasteiger partial charge in [-0.1, -0.05) is 36.4 Å². The van der Waals surface area contributed by atoms with Crippen molar-refractivity contribution in [3.05, 3.63) is 84.6 Å². The lowest BCUT2D eigenvalue weighted by molar-refractivity contribution is 0.102. The largest absolute Gasteiger partial charge is 0.397 e. The number of aromatic nitrogens is 1. The smallest absolute Gasteiger partial charge is 0.255 e. The monoisotopic (exact) mass is 428 g/mol. The van der Waals surface area contributed by atoms with Crippen molar-refractivity contribution >= 4 is 28.2 Å². The van der Waals surface area contributed by atoms with Crippen LogP contribution in [0.1, 0.15) is 10.4 Å². The highest BCUT2D eigenvalue weighted by Crippen LogP contribution is 2.28. The van der Waals surface area contributed by atoms with Crippen molar-refractivity contribution in [3.8, 4) is 11.1 Å². The molecule has 0 radical (unpaired) electrons. The second-order valence-electron chi connectivity index (χ2n) is 7.65. The van der Waals surface area contributed by atoms with Crippen LogP contribution in [0.4, 0.5) is 11.4 Å². The molecule has 0 aliphatic carbocycles. The highest BCUT2D eigenvalue weighted by Gasteiger charge is 2.11. The van der Waals surface area contributed by atoms with Crippen molar-refractivity contribution in [2.75, 3.05) is 37.9 Å². The number of methoxy groups -OCH3 is 1. The molecule has 0 aliphatic heterocycles. The van der Waals surface area contributed by atoms with Crippen LogP contribution < -0.4 is 16.4 Å². The zero-order chi connectivity index (χ0) is 22.3. The first-order valence-corrected chi connectivity index (χ1v) is 10.7. The molecule has 6 heteroatoms. The molecule has 164 valence electrons. The quantitative estimate of drug-likeness (QED) is 0.273. The Bertz CT molecular complexity index is 1200. The zero-order valence-electron chi connectivity index (χ0n) is 18.2. The third kappa shape index (κ3) is 4.99. The minimum atomic E-state index is -0.183. The number of carbonyl (C=O) groups excluding carboxylic acids is 1. The number of carbonyl (C=O) groups is 1. The van der Waals surface area contributed by atoms with E-state index in [-0.39, 0.29) is 5.91 Å².